The average molecular weight is 291 g/mol. The maximum absolute atomic E-state index is 6.19. The van der Waals surface area contributed by atoms with Gasteiger partial charge in [-0.25, -0.2) is 0 Å². The Labute approximate surface area is 124 Å². The fourth-order valence-corrected chi connectivity index (χ4v) is 2.38. The molecular weight excluding hydrogens is 272 g/mol. The van der Waals surface area contributed by atoms with Crippen molar-refractivity contribution in [1.29, 1.82) is 0 Å². The van der Waals surface area contributed by atoms with Gasteiger partial charge in [-0.1, -0.05) is 30.7 Å². The van der Waals surface area contributed by atoms with Crippen molar-refractivity contribution in [3.8, 4) is 5.75 Å². The molecule has 1 aromatic heterocycles. The van der Waals surface area contributed by atoms with Crippen molar-refractivity contribution < 1.29 is 4.74 Å². The molecule has 0 saturated heterocycles. The summed E-state index contributed by atoms with van der Waals surface area (Å²) in [6, 6.07) is 10.3. The van der Waals surface area contributed by atoms with Crippen LogP contribution in [0.25, 0.3) is 0 Å². The van der Waals surface area contributed by atoms with E-state index >= 15 is 0 Å². The lowest BCUT2D eigenvalue weighted by Gasteiger charge is -2.19. The van der Waals surface area contributed by atoms with Gasteiger partial charge >= 0.3 is 0 Å². The summed E-state index contributed by atoms with van der Waals surface area (Å²) in [5.74, 6) is 0.867. The van der Waals surface area contributed by atoms with Crippen molar-refractivity contribution in [3.05, 3.63) is 58.9 Å². The summed E-state index contributed by atoms with van der Waals surface area (Å²) in [7, 11) is 1.67. The van der Waals surface area contributed by atoms with Crippen molar-refractivity contribution >= 4 is 11.6 Å². The van der Waals surface area contributed by atoms with Gasteiger partial charge in [0.2, 0.25) is 0 Å². The minimum Gasteiger partial charge on any atom is -0.497 e. The third-order valence-corrected chi connectivity index (χ3v) is 3.59. The number of benzene rings is 1. The molecule has 1 atom stereocenters. The van der Waals surface area contributed by atoms with Crippen LogP contribution in [-0.4, -0.2) is 18.6 Å². The Bertz CT molecular complexity index is 542. The molecule has 2 rings (SSSR count). The number of likely N-dealkylation sites (N-methyl/N-ethyl adjacent to an activating group) is 1. The molecule has 1 heterocycles. The first-order valence-corrected chi connectivity index (χ1v) is 7.08. The second-order valence-electron chi connectivity index (χ2n) is 4.55. The highest BCUT2D eigenvalue weighted by Crippen LogP contribution is 2.24. The third-order valence-electron chi connectivity index (χ3n) is 3.25. The monoisotopic (exact) mass is 290 g/mol. The van der Waals surface area contributed by atoms with E-state index in [0.29, 0.717) is 5.02 Å². The van der Waals surface area contributed by atoms with E-state index in [0.717, 1.165) is 24.3 Å². The Kier molecular flexibility index (Phi) is 5.39. The molecule has 0 radical (unpaired) electrons. The fourth-order valence-electron chi connectivity index (χ4n) is 2.18. The lowest BCUT2D eigenvalue weighted by Crippen LogP contribution is -2.23. The molecule has 3 nitrogen and oxygen atoms in total. The van der Waals surface area contributed by atoms with Crippen LogP contribution in [-0.2, 0) is 6.42 Å². The van der Waals surface area contributed by atoms with Crippen LogP contribution in [0.2, 0.25) is 5.02 Å². The summed E-state index contributed by atoms with van der Waals surface area (Å²) in [6.07, 6.45) is 4.30. The number of halogens is 1. The van der Waals surface area contributed by atoms with Gasteiger partial charge in [0.1, 0.15) is 5.75 Å². The Balaban J connectivity index is 2.19. The summed E-state index contributed by atoms with van der Waals surface area (Å²) in [5.41, 5.74) is 2.32. The number of nitrogens with one attached hydrogen (secondary N) is 1. The minimum absolute atomic E-state index is 0.228. The highest BCUT2D eigenvalue weighted by atomic mass is 35.5. The Morgan fingerprint density at radius 1 is 1.25 bits per heavy atom. The first kappa shape index (κ1) is 14.8. The van der Waals surface area contributed by atoms with Crippen molar-refractivity contribution in [2.45, 2.75) is 19.4 Å². The van der Waals surface area contributed by atoms with Crippen molar-refractivity contribution in [1.82, 2.24) is 10.3 Å². The second kappa shape index (κ2) is 7.27. The maximum atomic E-state index is 6.19. The Morgan fingerprint density at radius 3 is 2.60 bits per heavy atom. The highest BCUT2D eigenvalue weighted by molar-refractivity contribution is 6.31. The lowest BCUT2D eigenvalue weighted by atomic mass is 9.99. The van der Waals surface area contributed by atoms with Gasteiger partial charge in [-0.05, 0) is 42.3 Å². The SMILES string of the molecule is CCNC(Cc1ccncc1Cl)c1ccc(OC)cc1. The molecule has 0 bridgehead atoms. The topological polar surface area (TPSA) is 34.2 Å². The summed E-state index contributed by atoms with van der Waals surface area (Å²) in [4.78, 5) is 4.02. The summed E-state index contributed by atoms with van der Waals surface area (Å²) >= 11 is 6.19. The lowest BCUT2D eigenvalue weighted by molar-refractivity contribution is 0.414. The van der Waals surface area contributed by atoms with Gasteiger partial charge in [-0.15, -0.1) is 0 Å². The zero-order valence-corrected chi connectivity index (χ0v) is 12.5. The van der Waals surface area contributed by atoms with Crippen LogP contribution < -0.4 is 10.1 Å². The second-order valence-corrected chi connectivity index (χ2v) is 4.96. The van der Waals surface area contributed by atoms with E-state index in [1.807, 2.05) is 18.2 Å². The van der Waals surface area contributed by atoms with Crippen LogP contribution in [0.5, 0.6) is 5.75 Å². The summed E-state index contributed by atoms with van der Waals surface area (Å²) in [6.45, 7) is 3.00. The Hall–Kier alpha value is -1.58. The first-order chi connectivity index (χ1) is 9.74. The van der Waals surface area contributed by atoms with Gasteiger partial charge in [0.15, 0.2) is 0 Å². The molecule has 0 fully saturated rings. The number of aromatic nitrogens is 1. The van der Waals surface area contributed by atoms with Gasteiger partial charge in [0, 0.05) is 18.4 Å². The van der Waals surface area contributed by atoms with E-state index in [9.17, 15) is 0 Å². The van der Waals surface area contributed by atoms with E-state index in [1.54, 1.807) is 19.5 Å². The average Bonchev–Trinajstić information content (AvgIpc) is 2.49. The molecule has 0 amide bonds. The quantitative estimate of drug-likeness (QED) is 0.882. The molecule has 0 saturated carbocycles. The van der Waals surface area contributed by atoms with Gasteiger partial charge < -0.3 is 10.1 Å². The minimum atomic E-state index is 0.228. The number of rotatable bonds is 6. The normalized spacial score (nSPS) is 12.2. The maximum Gasteiger partial charge on any atom is 0.118 e. The number of nitrogens with zero attached hydrogens (tertiary/aromatic N) is 1. The molecule has 106 valence electrons. The van der Waals surface area contributed by atoms with Crippen LogP contribution in [0.3, 0.4) is 0 Å². The van der Waals surface area contributed by atoms with Crippen LogP contribution in [0.4, 0.5) is 0 Å². The molecule has 0 aliphatic heterocycles. The first-order valence-electron chi connectivity index (χ1n) is 6.70. The number of methoxy groups -OCH3 is 1. The molecule has 20 heavy (non-hydrogen) atoms. The summed E-state index contributed by atoms with van der Waals surface area (Å²) < 4.78 is 5.20. The molecule has 0 aliphatic carbocycles. The van der Waals surface area contributed by atoms with E-state index in [4.69, 9.17) is 16.3 Å². The third kappa shape index (κ3) is 3.71. The van der Waals surface area contributed by atoms with Crippen LogP contribution >= 0.6 is 11.6 Å². The molecule has 2 aromatic rings. The van der Waals surface area contributed by atoms with E-state index < -0.39 is 0 Å². The standard InChI is InChI=1S/C16H19ClN2O/c1-3-19-16(10-13-8-9-18-11-15(13)17)12-4-6-14(20-2)7-5-12/h4-9,11,16,19H,3,10H2,1-2H3. The molecular formula is C16H19ClN2O. The van der Waals surface area contributed by atoms with Crippen molar-refractivity contribution in [2.24, 2.45) is 0 Å². The molecule has 0 spiro atoms. The summed E-state index contributed by atoms with van der Waals surface area (Å²) in [5, 5.41) is 4.20. The predicted octanol–water partition coefficient (Wildman–Crippen LogP) is 3.64. The highest BCUT2D eigenvalue weighted by Gasteiger charge is 2.13. The number of hydrogen-bond donors (Lipinski definition) is 1. The molecule has 1 N–H and O–H groups in total. The zero-order chi connectivity index (χ0) is 14.4. The molecule has 4 heteroatoms. The van der Waals surface area contributed by atoms with Gasteiger partial charge in [-0.2, -0.15) is 0 Å². The van der Waals surface area contributed by atoms with E-state index in [2.05, 4.69) is 29.4 Å². The number of pyridine rings is 1. The number of ether oxygens (including phenoxy) is 1. The molecule has 0 aliphatic rings. The molecule has 1 aromatic carbocycles. The fraction of sp³-hybridized carbons (Fsp3) is 0.312. The smallest absolute Gasteiger partial charge is 0.118 e. The van der Waals surface area contributed by atoms with Crippen molar-refractivity contribution in [3.63, 3.8) is 0 Å². The van der Waals surface area contributed by atoms with E-state index in [-0.39, 0.29) is 6.04 Å². The predicted molar refractivity (Wildman–Crippen MR) is 82.4 cm³/mol. The Morgan fingerprint density at radius 2 is 2.00 bits per heavy atom. The van der Waals surface area contributed by atoms with Gasteiger partial charge in [0.25, 0.3) is 0 Å². The van der Waals surface area contributed by atoms with E-state index in [1.165, 1.54) is 5.56 Å². The zero-order valence-electron chi connectivity index (χ0n) is 11.8. The molecule has 1 unspecified atom stereocenters. The largest absolute Gasteiger partial charge is 0.497 e. The van der Waals surface area contributed by atoms with Crippen LogP contribution in [0, 0.1) is 0 Å². The van der Waals surface area contributed by atoms with Crippen LogP contribution in [0.15, 0.2) is 42.7 Å². The van der Waals surface area contributed by atoms with Crippen LogP contribution in [0.1, 0.15) is 24.1 Å². The van der Waals surface area contributed by atoms with Gasteiger partial charge in [-0.3, -0.25) is 4.98 Å². The van der Waals surface area contributed by atoms with Gasteiger partial charge in [0.05, 0.1) is 12.1 Å². The number of hydrogen-bond acceptors (Lipinski definition) is 3. The van der Waals surface area contributed by atoms with Crippen molar-refractivity contribution in [2.75, 3.05) is 13.7 Å².